The molecular weight excluding hydrogens is 184 g/mol. The Bertz CT molecular complexity index is 170. The number of hydrogen-bond acceptors (Lipinski definition) is 2. The summed E-state index contributed by atoms with van der Waals surface area (Å²) in [6.07, 6.45) is 6.54. The first-order chi connectivity index (χ1) is 7.19. The average Bonchev–Trinajstić information content (AvgIpc) is 2.24. The second kappa shape index (κ2) is 6.49. The van der Waals surface area contributed by atoms with Crippen LogP contribution in [0.15, 0.2) is 0 Å². The smallest absolute Gasteiger partial charge is 0.00927 e. The van der Waals surface area contributed by atoms with Crippen LogP contribution in [0.2, 0.25) is 0 Å². The second-order valence-corrected chi connectivity index (χ2v) is 5.13. The van der Waals surface area contributed by atoms with Crippen molar-refractivity contribution in [2.75, 3.05) is 13.1 Å². The molecule has 2 N–H and O–H groups in total. The minimum absolute atomic E-state index is 0.435. The predicted molar refractivity (Wildman–Crippen MR) is 66.9 cm³/mol. The Kier molecular flexibility index (Phi) is 5.62. The molecule has 1 aliphatic rings. The molecule has 0 aromatic heterocycles. The van der Waals surface area contributed by atoms with Crippen molar-refractivity contribution in [2.45, 2.75) is 65.0 Å². The molecule has 90 valence electrons. The van der Waals surface area contributed by atoms with Crippen molar-refractivity contribution in [3.8, 4) is 0 Å². The van der Waals surface area contributed by atoms with E-state index >= 15 is 0 Å². The van der Waals surface area contributed by atoms with Crippen molar-refractivity contribution >= 4 is 0 Å². The van der Waals surface area contributed by atoms with Crippen LogP contribution >= 0.6 is 0 Å². The highest BCUT2D eigenvalue weighted by Crippen LogP contribution is 2.21. The number of hydrogen-bond donors (Lipinski definition) is 1. The highest BCUT2D eigenvalue weighted by Gasteiger charge is 2.26. The Labute approximate surface area is 95.2 Å². The molecule has 0 bridgehead atoms. The summed E-state index contributed by atoms with van der Waals surface area (Å²) in [6, 6.07) is 1.24. The van der Waals surface area contributed by atoms with E-state index in [0.717, 1.165) is 6.04 Å². The van der Waals surface area contributed by atoms with Crippen molar-refractivity contribution in [3.63, 3.8) is 0 Å². The quantitative estimate of drug-likeness (QED) is 0.759. The van der Waals surface area contributed by atoms with Gasteiger partial charge >= 0.3 is 0 Å². The molecular formula is C13H28N2. The number of nitrogens with zero attached hydrogens (tertiary/aromatic N) is 1. The van der Waals surface area contributed by atoms with E-state index in [0.29, 0.717) is 12.0 Å². The van der Waals surface area contributed by atoms with E-state index in [9.17, 15) is 0 Å². The van der Waals surface area contributed by atoms with Gasteiger partial charge in [-0.3, -0.25) is 0 Å². The molecule has 1 aliphatic heterocycles. The SMILES string of the molecule is CCCCC(CC)N1CCC(N)C(C)C1. The van der Waals surface area contributed by atoms with Crippen LogP contribution in [0.3, 0.4) is 0 Å². The van der Waals surface area contributed by atoms with Gasteiger partial charge in [0.2, 0.25) is 0 Å². The molecule has 1 saturated heterocycles. The van der Waals surface area contributed by atoms with E-state index in [-0.39, 0.29) is 0 Å². The topological polar surface area (TPSA) is 29.3 Å². The lowest BCUT2D eigenvalue weighted by Gasteiger charge is -2.39. The van der Waals surface area contributed by atoms with E-state index in [1.807, 2.05) is 0 Å². The fraction of sp³-hybridized carbons (Fsp3) is 1.00. The lowest BCUT2D eigenvalue weighted by atomic mass is 9.92. The second-order valence-electron chi connectivity index (χ2n) is 5.13. The minimum atomic E-state index is 0.435. The zero-order chi connectivity index (χ0) is 11.3. The van der Waals surface area contributed by atoms with E-state index in [4.69, 9.17) is 5.73 Å². The number of unbranched alkanes of at least 4 members (excludes halogenated alkanes) is 1. The highest BCUT2D eigenvalue weighted by molar-refractivity contribution is 4.83. The number of nitrogens with two attached hydrogens (primary N) is 1. The zero-order valence-corrected chi connectivity index (χ0v) is 10.7. The van der Waals surface area contributed by atoms with Gasteiger partial charge in [-0.05, 0) is 31.7 Å². The van der Waals surface area contributed by atoms with Gasteiger partial charge in [0, 0.05) is 18.6 Å². The maximum atomic E-state index is 6.06. The molecule has 1 rings (SSSR count). The van der Waals surface area contributed by atoms with Gasteiger partial charge in [-0.2, -0.15) is 0 Å². The third kappa shape index (κ3) is 3.76. The first kappa shape index (κ1) is 13.0. The largest absolute Gasteiger partial charge is 0.327 e. The van der Waals surface area contributed by atoms with Crippen molar-refractivity contribution in [1.29, 1.82) is 0 Å². The molecule has 2 nitrogen and oxygen atoms in total. The molecule has 0 aromatic carbocycles. The first-order valence-corrected chi connectivity index (χ1v) is 6.68. The fourth-order valence-corrected chi connectivity index (χ4v) is 2.61. The lowest BCUT2D eigenvalue weighted by molar-refractivity contribution is 0.106. The Balaban J connectivity index is 2.39. The van der Waals surface area contributed by atoms with E-state index in [1.165, 1.54) is 45.2 Å². The number of rotatable bonds is 5. The highest BCUT2D eigenvalue weighted by atomic mass is 15.2. The van der Waals surface area contributed by atoms with Gasteiger partial charge in [0.1, 0.15) is 0 Å². The van der Waals surface area contributed by atoms with Crippen LogP contribution in [-0.2, 0) is 0 Å². The van der Waals surface area contributed by atoms with Gasteiger partial charge < -0.3 is 10.6 Å². The summed E-state index contributed by atoms with van der Waals surface area (Å²) in [7, 11) is 0. The summed E-state index contributed by atoms with van der Waals surface area (Å²) in [4.78, 5) is 2.67. The third-order valence-corrected chi connectivity index (χ3v) is 3.88. The van der Waals surface area contributed by atoms with Crippen LogP contribution in [-0.4, -0.2) is 30.1 Å². The van der Waals surface area contributed by atoms with Crippen molar-refractivity contribution in [2.24, 2.45) is 11.7 Å². The maximum absolute atomic E-state index is 6.06. The van der Waals surface area contributed by atoms with Gasteiger partial charge in [0.05, 0.1) is 0 Å². The summed E-state index contributed by atoms with van der Waals surface area (Å²) in [5.41, 5.74) is 6.06. The molecule has 0 radical (unpaired) electrons. The molecule has 0 saturated carbocycles. The molecule has 15 heavy (non-hydrogen) atoms. The first-order valence-electron chi connectivity index (χ1n) is 6.68. The monoisotopic (exact) mass is 212 g/mol. The number of likely N-dealkylation sites (tertiary alicyclic amines) is 1. The van der Waals surface area contributed by atoms with Crippen molar-refractivity contribution < 1.29 is 0 Å². The molecule has 3 unspecified atom stereocenters. The Morgan fingerprint density at radius 3 is 2.67 bits per heavy atom. The Hall–Kier alpha value is -0.0800. The maximum Gasteiger partial charge on any atom is 0.00927 e. The lowest BCUT2D eigenvalue weighted by Crippen LogP contribution is -2.49. The summed E-state index contributed by atoms with van der Waals surface area (Å²) in [5, 5.41) is 0. The molecule has 2 heteroatoms. The molecule has 1 heterocycles. The summed E-state index contributed by atoms with van der Waals surface area (Å²) in [6.45, 7) is 9.32. The van der Waals surface area contributed by atoms with E-state index in [1.54, 1.807) is 0 Å². The third-order valence-electron chi connectivity index (χ3n) is 3.88. The van der Waals surface area contributed by atoms with Crippen LogP contribution in [0.1, 0.15) is 52.9 Å². The molecule has 0 spiro atoms. The zero-order valence-electron chi connectivity index (χ0n) is 10.7. The van der Waals surface area contributed by atoms with Gasteiger partial charge in [0.25, 0.3) is 0 Å². The standard InChI is InChI=1S/C13H28N2/c1-4-6-7-12(5-2)15-9-8-13(14)11(3)10-15/h11-13H,4-10,14H2,1-3H3. The van der Waals surface area contributed by atoms with Crippen LogP contribution in [0.4, 0.5) is 0 Å². The molecule has 3 atom stereocenters. The van der Waals surface area contributed by atoms with Crippen molar-refractivity contribution in [1.82, 2.24) is 4.90 Å². The van der Waals surface area contributed by atoms with Gasteiger partial charge in [-0.25, -0.2) is 0 Å². The van der Waals surface area contributed by atoms with Gasteiger partial charge in [-0.1, -0.05) is 33.6 Å². The molecule has 0 aliphatic carbocycles. The van der Waals surface area contributed by atoms with Crippen molar-refractivity contribution in [3.05, 3.63) is 0 Å². The summed E-state index contributed by atoms with van der Waals surface area (Å²) in [5.74, 6) is 0.675. The Morgan fingerprint density at radius 1 is 1.40 bits per heavy atom. The average molecular weight is 212 g/mol. The molecule has 0 amide bonds. The Morgan fingerprint density at radius 2 is 2.13 bits per heavy atom. The fourth-order valence-electron chi connectivity index (χ4n) is 2.61. The molecule has 1 fully saturated rings. The van der Waals surface area contributed by atoms with E-state index < -0.39 is 0 Å². The summed E-state index contributed by atoms with van der Waals surface area (Å²) >= 11 is 0. The van der Waals surface area contributed by atoms with Crippen LogP contribution in [0.25, 0.3) is 0 Å². The normalized spacial score (nSPS) is 30.4. The minimum Gasteiger partial charge on any atom is -0.327 e. The van der Waals surface area contributed by atoms with Crippen LogP contribution < -0.4 is 5.73 Å². The molecule has 0 aromatic rings. The van der Waals surface area contributed by atoms with Crippen LogP contribution in [0, 0.1) is 5.92 Å². The van der Waals surface area contributed by atoms with Crippen LogP contribution in [0.5, 0.6) is 0 Å². The summed E-state index contributed by atoms with van der Waals surface area (Å²) < 4.78 is 0. The number of piperidine rings is 1. The predicted octanol–water partition coefficient (Wildman–Crippen LogP) is 2.62. The van der Waals surface area contributed by atoms with Gasteiger partial charge in [0.15, 0.2) is 0 Å². The van der Waals surface area contributed by atoms with Gasteiger partial charge in [-0.15, -0.1) is 0 Å². The van der Waals surface area contributed by atoms with E-state index in [2.05, 4.69) is 25.7 Å².